The first-order valence-corrected chi connectivity index (χ1v) is 5.79. The summed E-state index contributed by atoms with van der Waals surface area (Å²) in [7, 11) is 0. The van der Waals surface area contributed by atoms with Crippen molar-refractivity contribution in [1.82, 2.24) is 5.16 Å². The van der Waals surface area contributed by atoms with Gasteiger partial charge in [-0.3, -0.25) is 4.79 Å². The molecule has 1 aromatic heterocycles. The van der Waals surface area contributed by atoms with Crippen LogP contribution in [0.2, 0.25) is 0 Å². The number of rotatable bonds is 3. The average Bonchev–Trinajstić information content (AvgIpc) is 3.07. The Morgan fingerprint density at radius 1 is 1.53 bits per heavy atom. The average molecular weight is 231 g/mol. The molecule has 0 saturated heterocycles. The van der Waals surface area contributed by atoms with Crippen molar-refractivity contribution in [3.8, 4) is 0 Å². The normalized spacial score (nSPS) is 17.2. The lowest BCUT2D eigenvalue weighted by atomic mass is 9.99. The zero-order chi connectivity index (χ0) is 12.0. The molecule has 1 N–H and O–H groups in total. The number of benzene rings is 1. The molecule has 3 rings (SSSR count). The maximum absolute atomic E-state index is 11.0. The summed E-state index contributed by atoms with van der Waals surface area (Å²) in [6.45, 7) is 1.69. The lowest BCUT2D eigenvalue weighted by Gasteiger charge is -2.05. The minimum absolute atomic E-state index is 0.482. The van der Waals surface area contributed by atoms with Crippen LogP contribution < -0.4 is 0 Å². The number of fused-ring (bicyclic) bond motifs is 1. The van der Waals surface area contributed by atoms with Gasteiger partial charge in [0.25, 0.3) is 0 Å². The molecule has 0 aliphatic heterocycles. The molecule has 2 aromatic rings. The second-order valence-electron chi connectivity index (χ2n) is 4.66. The molecule has 17 heavy (non-hydrogen) atoms. The predicted molar refractivity (Wildman–Crippen MR) is 62.0 cm³/mol. The fourth-order valence-corrected chi connectivity index (χ4v) is 2.03. The van der Waals surface area contributed by atoms with Crippen LogP contribution in [-0.4, -0.2) is 16.2 Å². The van der Waals surface area contributed by atoms with Gasteiger partial charge >= 0.3 is 5.97 Å². The van der Waals surface area contributed by atoms with Gasteiger partial charge in [0.1, 0.15) is 11.3 Å². The predicted octanol–water partition coefficient (Wildman–Crippen LogP) is 2.89. The van der Waals surface area contributed by atoms with E-state index < -0.39 is 11.9 Å². The Hall–Kier alpha value is -1.84. The number of carboxylic acid groups (broad SMARTS) is 1. The highest BCUT2D eigenvalue weighted by molar-refractivity contribution is 5.84. The first-order valence-electron chi connectivity index (χ1n) is 5.79. The van der Waals surface area contributed by atoms with Crippen LogP contribution in [0.25, 0.3) is 10.9 Å². The van der Waals surface area contributed by atoms with Gasteiger partial charge in [-0.15, -0.1) is 0 Å². The Balaban J connectivity index is 2.09. The quantitative estimate of drug-likeness (QED) is 0.882. The van der Waals surface area contributed by atoms with Gasteiger partial charge < -0.3 is 9.63 Å². The van der Waals surface area contributed by atoms with Crippen molar-refractivity contribution < 1.29 is 14.4 Å². The lowest BCUT2D eigenvalue weighted by Crippen LogP contribution is -2.07. The number of hydrogen-bond acceptors (Lipinski definition) is 3. The van der Waals surface area contributed by atoms with E-state index in [1.165, 1.54) is 0 Å². The van der Waals surface area contributed by atoms with Crippen molar-refractivity contribution in [2.24, 2.45) is 0 Å². The van der Waals surface area contributed by atoms with Crippen molar-refractivity contribution in [3.05, 3.63) is 29.5 Å². The van der Waals surface area contributed by atoms with E-state index in [1.54, 1.807) is 13.0 Å². The van der Waals surface area contributed by atoms with E-state index in [9.17, 15) is 4.79 Å². The molecule has 88 valence electrons. The number of nitrogens with zero attached hydrogens (tertiary/aromatic N) is 1. The van der Waals surface area contributed by atoms with E-state index in [2.05, 4.69) is 5.16 Å². The molecule has 4 nitrogen and oxygen atoms in total. The minimum Gasteiger partial charge on any atom is -0.481 e. The summed E-state index contributed by atoms with van der Waals surface area (Å²) < 4.78 is 5.34. The zero-order valence-electron chi connectivity index (χ0n) is 9.51. The van der Waals surface area contributed by atoms with Crippen molar-refractivity contribution in [2.75, 3.05) is 0 Å². The van der Waals surface area contributed by atoms with Gasteiger partial charge in [-0.25, -0.2) is 0 Å². The summed E-state index contributed by atoms with van der Waals surface area (Å²) in [5.74, 6) is 0.0879. The molecule has 1 heterocycles. The van der Waals surface area contributed by atoms with Gasteiger partial charge in [-0.1, -0.05) is 11.2 Å². The van der Waals surface area contributed by atoms with E-state index in [0.717, 1.165) is 35.1 Å². The highest BCUT2D eigenvalue weighted by Crippen LogP contribution is 2.43. The number of aromatic nitrogens is 1. The van der Waals surface area contributed by atoms with Crippen molar-refractivity contribution in [3.63, 3.8) is 0 Å². The van der Waals surface area contributed by atoms with Gasteiger partial charge in [0.05, 0.1) is 5.92 Å². The van der Waals surface area contributed by atoms with Crippen LogP contribution in [0.3, 0.4) is 0 Å². The fourth-order valence-electron chi connectivity index (χ4n) is 2.03. The van der Waals surface area contributed by atoms with Crippen LogP contribution in [-0.2, 0) is 4.79 Å². The first kappa shape index (κ1) is 10.3. The molecule has 0 bridgehead atoms. The van der Waals surface area contributed by atoms with E-state index in [1.807, 2.05) is 12.1 Å². The summed E-state index contributed by atoms with van der Waals surface area (Å²) in [4.78, 5) is 11.0. The van der Waals surface area contributed by atoms with E-state index in [4.69, 9.17) is 9.63 Å². The van der Waals surface area contributed by atoms with Crippen LogP contribution in [0.4, 0.5) is 0 Å². The first-order chi connectivity index (χ1) is 8.16. The van der Waals surface area contributed by atoms with Gasteiger partial charge in [-0.2, -0.15) is 0 Å². The maximum atomic E-state index is 11.0. The van der Waals surface area contributed by atoms with Crippen LogP contribution in [0.15, 0.2) is 22.7 Å². The summed E-state index contributed by atoms with van der Waals surface area (Å²) in [5, 5.41) is 14.0. The van der Waals surface area contributed by atoms with Crippen molar-refractivity contribution in [1.29, 1.82) is 0 Å². The molecule has 4 heteroatoms. The zero-order valence-corrected chi connectivity index (χ0v) is 9.51. The van der Waals surface area contributed by atoms with Gasteiger partial charge in [0.15, 0.2) is 0 Å². The molecule has 1 aliphatic rings. The Morgan fingerprint density at radius 2 is 2.29 bits per heavy atom. The fraction of sp³-hybridized carbons (Fsp3) is 0.385. The molecule has 1 aliphatic carbocycles. The van der Waals surface area contributed by atoms with Gasteiger partial charge in [0.2, 0.25) is 0 Å². The Labute approximate surface area is 98.2 Å². The summed E-state index contributed by atoms with van der Waals surface area (Å²) in [6.07, 6.45) is 2.28. The monoisotopic (exact) mass is 231 g/mol. The number of carbonyl (C=O) groups is 1. The molecule has 1 saturated carbocycles. The second kappa shape index (κ2) is 3.58. The molecule has 1 unspecified atom stereocenters. The Kier molecular flexibility index (Phi) is 2.18. The van der Waals surface area contributed by atoms with Gasteiger partial charge in [-0.05, 0) is 37.5 Å². The summed E-state index contributed by atoms with van der Waals surface area (Å²) in [6, 6.07) is 5.54. The maximum Gasteiger partial charge on any atom is 0.310 e. The third-order valence-corrected chi connectivity index (χ3v) is 3.35. The standard InChI is InChI=1S/C13H13NO3/c1-7(13(15)16)9-4-5-11-10(6-9)12(17-14-11)8-2-3-8/h4-8H,2-3H2,1H3,(H,15,16). The molecule has 0 amide bonds. The topological polar surface area (TPSA) is 63.3 Å². The Bertz CT molecular complexity index is 583. The van der Waals surface area contributed by atoms with Crippen LogP contribution in [0.5, 0.6) is 0 Å². The number of hydrogen-bond donors (Lipinski definition) is 1. The molecule has 0 spiro atoms. The highest BCUT2D eigenvalue weighted by atomic mass is 16.5. The number of carboxylic acids is 1. The lowest BCUT2D eigenvalue weighted by molar-refractivity contribution is -0.138. The third kappa shape index (κ3) is 1.69. The second-order valence-corrected chi connectivity index (χ2v) is 4.66. The smallest absolute Gasteiger partial charge is 0.310 e. The molecular formula is C13H13NO3. The Morgan fingerprint density at radius 3 is 2.94 bits per heavy atom. The third-order valence-electron chi connectivity index (χ3n) is 3.35. The summed E-state index contributed by atoms with van der Waals surface area (Å²) in [5.41, 5.74) is 1.61. The van der Waals surface area contributed by atoms with E-state index in [0.29, 0.717) is 5.92 Å². The largest absolute Gasteiger partial charge is 0.481 e. The highest BCUT2D eigenvalue weighted by Gasteiger charge is 2.30. The molecule has 1 fully saturated rings. The molecular weight excluding hydrogens is 218 g/mol. The molecule has 1 atom stereocenters. The van der Waals surface area contributed by atoms with E-state index in [-0.39, 0.29) is 0 Å². The van der Waals surface area contributed by atoms with Crippen LogP contribution in [0, 0.1) is 0 Å². The molecule has 0 radical (unpaired) electrons. The van der Waals surface area contributed by atoms with Crippen LogP contribution >= 0.6 is 0 Å². The van der Waals surface area contributed by atoms with E-state index >= 15 is 0 Å². The SMILES string of the molecule is CC(C(=O)O)c1ccc2noc(C3CC3)c2c1. The van der Waals surface area contributed by atoms with Crippen molar-refractivity contribution >= 4 is 16.9 Å². The van der Waals surface area contributed by atoms with Gasteiger partial charge in [0, 0.05) is 11.3 Å². The number of aliphatic carboxylic acids is 1. The summed E-state index contributed by atoms with van der Waals surface area (Å²) >= 11 is 0. The van der Waals surface area contributed by atoms with Crippen molar-refractivity contribution in [2.45, 2.75) is 31.6 Å². The molecule has 1 aromatic carbocycles. The van der Waals surface area contributed by atoms with Crippen LogP contribution in [0.1, 0.15) is 42.9 Å². The minimum atomic E-state index is -0.811.